The Labute approximate surface area is 135 Å². The van der Waals surface area contributed by atoms with Gasteiger partial charge in [0.1, 0.15) is 0 Å². The van der Waals surface area contributed by atoms with Crippen molar-refractivity contribution in [3.05, 3.63) is 0 Å². The second kappa shape index (κ2) is 4.98. The molecule has 122 valence electrons. The van der Waals surface area contributed by atoms with Crippen molar-refractivity contribution >= 4 is 5.91 Å². The molecule has 5 saturated carbocycles. The van der Waals surface area contributed by atoms with Crippen LogP contribution in [0.25, 0.3) is 0 Å². The molecule has 6 aliphatic rings. The number of hydrogen-bond donors (Lipinski definition) is 0. The average molecular weight is 301 g/mol. The summed E-state index contributed by atoms with van der Waals surface area (Å²) in [6.07, 6.45) is 15.0. The van der Waals surface area contributed by atoms with E-state index in [1.807, 2.05) is 0 Å². The normalized spacial score (nSPS) is 50.0. The molecule has 0 spiro atoms. The van der Waals surface area contributed by atoms with E-state index in [2.05, 4.69) is 4.90 Å². The summed E-state index contributed by atoms with van der Waals surface area (Å²) in [4.78, 5) is 15.8. The Kier molecular flexibility index (Phi) is 3.14. The predicted molar refractivity (Wildman–Crippen MR) is 87.3 cm³/mol. The molecule has 0 aromatic rings. The van der Waals surface area contributed by atoms with Crippen LogP contribution in [0, 0.1) is 35.0 Å². The lowest BCUT2D eigenvalue weighted by Gasteiger charge is -2.57. The first kappa shape index (κ1) is 13.9. The molecule has 2 nitrogen and oxygen atoms in total. The molecule has 6 fully saturated rings. The summed E-state index contributed by atoms with van der Waals surface area (Å²) in [5.74, 6) is 5.04. The highest BCUT2D eigenvalue weighted by atomic mass is 16.2. The van der Waals surface area contributed by atoms with Crippen molar-refractivity contribution < 1.29 is 4.79 Å². The van der Waals surface area contributed by atoms with Gasteiger partial charge in [0.25, 0.3) is 0 Å². The van der Waals surface area contributed by atoms with E-state index in [9.17, 15) is 4.79 Å². The number of carbonyl (C=O) groups is 1. The molecule has 4 bridgehead atoms. The molecule has 22 heavy (non-hydrogen) atoms. The largest absolute Gasteiger partial charge is 0.342 e. The Morgan fingerprint density at radius 3 is 2.05 bits per heavy atom. The summed E-state index contributed by atoms with van der Waals surface area (Å²) in [6.45, 7) is 2.17. The average Bonchev–Trinajstić information content (AvgIpc) is 2.52. The fourth-order valence-electron chi connectivity index (χ4n) is 7.49. The van der Waals surface area contributed by atoms with Crippen LogP contribution in [0.15, 0.2) is 0 Å². The zero-order valence-electron chi connectivity index (χ0n) is 13.9. The number of carbonyl (C=O) groups excluding carboxylic acids is 1. The minimum atomic E-state index is 0.0935. The van der Waals surface area contributed by atoms with Gasteiger partial charge in [-0.25, -0.2) is 0 Å². The molecule has 1 amide bonds. The van der Waals surface area contributed by atoms with Gasteiger partial charge >= 0.3 is 0 Å². The van der Waals surface area contributed by atoms with Crippen molar-refractivity contribution in [2.45, 2.75) is 70.6 Å². The molecule has 0 aromatic heterocycles. The van der Waals surface area contributed by atoms with E-state index in [4.69, 9.17) is 0 Å². The first-order valence-corrected chi connectivity index (χ1v) is 10.0. The monoisotopic (exact) mass is 301 g/mol. The SMILES string of the molecule is O=C(N1CCC2CCCCC2C1)C12CC3CC(CC(C3)C1)C2. The van der Waals surface area contributed by atoms with E-state index in [0.29, 0.717) is 5.91 Å². The van der Waals surface area contributed by atoms with Gasteiger partial charge in [-0.05, 0) is 81.0 Å². The third kappa shape index (κ3) is 2.08. The van der Waals surface area contributed by atoms with Crippen molar-refractivity contribution in [3.8, 4) is 0 Å². The molecular formula is C20H31NO. The second-order valence-corrected chi connectivity index (χ2v) is 9.54. The number of nitrogens with zero attached hydrogens (tertiary/aromatic N) is 1. The fraction of sp³-hybridized carbons (Fsp3) is 0.950. The van der Waals surface area contributed by atoms with Gasteiger partial charge in [-0.3, -0.25) is 4.79 Å². The van der Waals surface area contributed by atoms with Crippen LogP contribution in [-0.2, 0) is 4.79 Å². The third-order valence-corrected chi connectivity index (χ3v) is 8.07. The Morgan fingerprint density at radius 2 is 1.41 bits per heavy atom. The molecule has 1 saturated heterocycles. The summed E-state index contributed by atoms with van der Waals surface area (Å²) in [5, 5.41) is 0. The number of fused-ring (bicyclic) bond motifs is 1. The van der Waals surface area contributed by atoms with E-state index in [1.54, 1.807) is 0 Å². The number of piperidine rings is 1. The molecule has 1 aliphatic heterocycles. The molecule has 6 rings (SSSR count). The van der Waals surface area contributed by atoms with E-state index in [0.717, 1.165) is 42.7 Å². The van der Waals surface area contributed by atoms with Crippen molar-refractivity contribution in [1.82, 2.24) is 4.90 Å². The number of amides is 1. The van der Waals surface area contributed by atoms with Crippen LogP contribution in [0.2, 0.25) is 0 Å². The van der Waals surface area contributed by atoms with E-state index < -0.39 is 0 Å². The molecular weight excluding hydrogens is 270 g/mol. The van der Waals surface area contributed by atoms with Gasteiger partial charge in [0, 0.05) is 13.1 Å². The second-order valence-electron chi connectivity index (χ2n) is 9.54. The van der Waals surface area contributed by atoms with Crippen LogP contribution < -0.4 is 0 Å². The summed E-state index contributed by atoms with van der Waals surface area (Å²) in [6, 6.07) is 0. The topological polar surface area (TPSA) is 20.3 Å². The highest BCUT2D eigenvalue weighted by Gasteiger charge is 2.56. The quantitative estimate of drug-likeness (QED) is 0.709. The highest BCUT2D eigenvalue weighted by Crippen LogP contribution is 2.60. The predicted octanol–water partition coefficient (Wildman–Crippen LogP) is 4.24. The molecule has 2 heteroatoms. The van der Waals surface area contributed by atoms with Crippen LogP contribution in [0.5, 0.6) is 0 Å². The fourth-order valence-corrected chi connectivity index (χ4v) is 7.49. The molecule has 2 unspecified atom stereocenters. The van der Waals surface area contributed by atoms with Crippen molar-refractivity contribution in [1.29, 1.82) is 0 Å². The zero-order chi connectivity index (χ0) is 14.7. The van der Waals surface area contributed by atoms with Crippen molar-refractivity contribution in [2.24, 2.45) is 35.0 Å². The summed E-state index contributed by atoms with van der Waals surface area (Å²) in [7, 11) is 0. The molecule has 2 atom stereocenters. The number of likely N-dealkylation sites (tertiary alicyclic amines) is 1. The maximum absolute atomic E-state index is 13.5. The summed E-state index contributed by atoms with van der Waals surface area (Å²) in [5.41, 5.74) is 0.0935. The van der Waals surface area contributed by atoms with Gasteiger partial charge in [0.15, 0.2) is 0 Å². The first-order chi connectivity index (χ1) is 10.7. The van der Waals surface area contributed by atoms with E-state index >= 15 is 0 Å². The van der Waals surface area contributed by atoms with Crippen LogP contribution in [-0.4, -0.2) is 23.9 Å². The van der Waals surface area contributed by atoms with Crippen LogP contribution in [0.1, 0.15) is 70.6 Å². The van der Waals surface area contributed by atoms with Gasteiger partial charge in [0.2, 0.25) is 5.91 Å². The van der Waals surface area contributed by atoms with E-state index in [-0.39, 0.29) is 5.41 Å². The van der Waals surface area contributed by atoms with Gasteiger partial charge in [-0.15, -0.1) is 0 Å². The molecule has 0 N–H and O–H groups in total. The standard InChI is InChI=1S/C20H31NO/c22-19(21-6-5-17-3-1-2-4-18(17)13-21)20-10-14-7-15(11-20)9-16(8-14)12-20/h14-18H,1-13H2. The van der Waals surface area contributed by atoms with Gasteiger partial charge in [-0.1, -0.05) is 19.3 Å². The molecule has 0 radical (unpaired) electrons. The molecule has 0 aromatic carbocycles. The zero-order valence-corrected chi connectivity index (χ0v) is 13.9. The van der Waals surface area contributed by atoms with Crippen molar-refractivity contribution in [3.63, 3.8) is 0 Å². The number of hydrogen-bond acceptors (Lipinski definition) is 1. The number of rotatable bonds is 1. The minimum Gasteiger partial charge on any atom is -0.342 e. The smallest absolute Gasteiger partial charge is 0.228 e. The van der Waals surface area contributed by atoms with Crippen LogP contribution >= 0.6 is 0 Å². The van der Waals surface area contributed by atoms with Crippen LogP contribution in [0.4, 0.5) is 0 Å². The molecule has 5 aliphatic carbocycles. The Hall–Kier alpha value is -0.530. The van der Waals surface area contributed by atoms with Gasteiger partial charge in [-0.2, -0.15) is 0 Å². The maximum atomic E-state index is 13.5. The first-order valence-electron chi connectivity index (χ1n) is 10.0. The lowest BCUT2D eigenvalue weighted by Crippen LogP contribution is -2.57. The van der Waals surface area contributed by atoms with E-state index in [1.165, 1.54) is 70.6 Å². The maximum Gasteiger partial charge on any atom is 0.228 e. The lowest BCUT2D eigenvalue weighted by atomic mass is 9.49. The minimum absolute atomic E-state index is 0.0935. The lowest BCUT2D eigenvalue weighted by molar-refractivity contribution is -0.160. The Bertz CT molecular complexity index is 435. The van der Waals surface area contributed by atoms with Crippen molar-refractivity contribution in [2.75, 3.05) is 13.1 Å². The Balaban J connectivity index is 1.34. The van der Waals surface area contributed by atoms with Gasteiger partial charge < -0.3 is 4.90 Å². The summed E-state index contributed by atoms with van der Waals surface area (Å²) < 4.78 is 0. The molecule has 1 heterocycles. The summed E-state index contributed by atoms with van der Waals surface area (Å²) >= 11 is 0. The highest BCUT2D eigenvalue weighted by molar-refractivity contribution is 5.83. The Morgan fingerprint density at radius 1 is 0.818 bits per heavy atom. The third-order valence-electron chi connectivity index (χ3n) is 8.07. The van der Waals surface area contributed by atoms with Gasteiger partial charge in [0.05, 0.1) is 5.41 Å². The van der Waals surface area contributed by atoms with Crippen LogP contribution in [0.3, 0.4) is 0 Å².